The standard InChI is InChI=1S/C16H19N3O3S/c1-23(21,22)11-12-2-4-13(5-3-12)16(20)18-14-6-7-15-17-8-9-19(15)10-14/h2-5,8-9,14H,6-7,10-11H2,1H3,(H,18,20)/t14-/m1/s1. The fourth-order valence-electron chi connectivity index (χ4n) is 2.81. The van der Waals surface area contributed by atoms with Gasteiger partial charge in [-0.05, 0) is 24.1 Å². The van der Waals surface area contributed by atoms with E-state index in [0.29, 0.717) is 11.1 Å². The summed E-state index contributed by atoms with van der Waals surface area (Å²) in [7, 11) is -3.07. The highest BCUT2D eigenvalue weighted by Crippen LogP contribution is 2.14. The predicted molar refractivity (Wildman–Crippen MR) is 86.8 cm³/mol. The van der Waals surface area contributed by atoms with Crippen LogP contribution in [0.15, 0.2) is 36.7 Å². The van der Waals surface area contributed by atoms with Crippen LogP contribution >= 0.6 is 0 Å². The fourth-order valence-corrected chi connectivity index (χ4v) is 3.61. The minimum Gasteiger partial charge on any atom is -0.347 e. The molecule has 2 aromatic rings. The molecule has 1 aromatic carbocycles. The molecule has 1 aliphatic heterocycles. The van der Waals surface area contributed by atoms with Gasteiger partial charge in [-0.1, -0.05) is 12.1 Å². The molecule has 2 heterocycles. The smallest absolute Gasteiger partial charge is 0.251 e. The first-order chi connectivity index (χ1) is 10.9. The number of nitrogens with one attached hydrogen (secondary N) is 1. The Balaban J connectivity index is 1.63. The molecule has 1 aromatic heterocycles. The number of sulfone groups is 1. The Morgan fingerprint density at radius 3 is 2.78 bits per heavy atom. The summed E-state index contributed by atoms with van der Waals surface area (Å²) >= 11 is 0. The molecule has 1 amide bonds. The number of hydrogen-bond donors (Lipinski definition) is 1. The van der Waals surface area contributed by atoms with E-state index in [2.05, 4.69) is 14.9 Å². The Morgan fingerprint density at radius 1 is 1.35 bits per heavy atom. The Kier molecular flexibility index (Phi) is 4.21. The van der Waals surface area contributed by atoms with Crippen molar-refractivity contribution in [2.75, 3.05) is 6.26 Å². The van der Waals surface area contributed by atoms with Gasteiger partial charge in [0, 0.05) is 43.2 Å². The van der Waals surface area contributed by atoms with E-state index in [1.165, 1.54) is 6.26 Å². The van der Waals surface area contributed by atoms with Gasteiger partial charge >= 0.3 is 0 Å². The summed E-state index contributed by atoms with van der Waals surface area (Å²) in [5, 5.41) is 3.03. The van der Waals surface area contributed by atoms with Gasteiger partial charge in [0.25, 0.3) is 5.91 Å². The van der Waals surface area contributed by atoms with Crippen LogP contribution in [0.4, 0.5) is 0 Å². The number of benzene rings is 1. The van der Waals surface area contributed by atoms with Crippen LogP contribution in [0.5, 0.6) is 0 Å². The van der Waals surface area contributed by atoms with E-state index in [9.17, 15) is 13.2 Å². The molecule has 0 radical (unpaired) electrons. The van der Waals surface area contributed by atoms with Crippen molar-refractivity contribution in [2.24, 2.45) is 0 Å². The molecule has 0 aliphatic carbocycles. The average Bonchev–Trinajstić information content (AvgIpc) is 2.94. The van der Waals surface area contributed by atoms with Crippen LogP contribution in [0, 0.1) is 0 Å². The van der Waals surface area contributed by atoms with Crippen LogP contribution < -0.4 is 5.32 Å². The second kappa shape index (κ2) is 6.16. The number of imidazole rings is 1. The third kappa shape index (κ3) is 3.98. The summed E-state index contributed by atoms with van der Waals surface area (Å²) in [4.78, 5) is 16.6. The van der Waals surface area contributed by atoms with Crippen LogP contribution in [0.1, 0.15) is 28.2 Å². The zero-order chi connectivity index (χ0) is 16.4. The van der Waals surface area contributed by atoms with Gasteiger partial charge in [-0.15, -0.1) is 0 Å². The first-order valence-corrected chi connectivity index (χ1v) is 9.54. The van der Waals surface area contributed by atoms with E-state index in [4.69, 9.17) is 0 Å². The zero-order valence-electron chi connectivity index (χ0n) is 12.9. The average molecular weight is 333 g/mol. The molecule has 3 rings (SSSR count). The van der Waals surface area contributed by atoms with E-state index < -0.39 is 9.84 Å². The highest BCUT2D eigenvalue weighted by Gasteiger charge is 2.20. The van der Waals surface area contributed by atoms with Crippen molar-refractivity contribution >= 4 is 15.7 Å². The maximum Gasteiger partial charge on any atom is 0.251 e. The summed E-state index contributed by atoms with van der Waals surface area (Å²) < 4.78 is 24.6. The molecule has 0 spiro atoms. The van der Waals surface area contributed by atoms with Gasteiger partial charge in [0.15, 0.2) is 9.84 Å². The topological polar surface area (TPSA) is 81.1 Å². The van der Waals surface area contributed by atoms with E-state index in [-0.39, 0.29) is 17.7 Å². The number of nitrogens with zero attached hydrogens (tertiary/aromatic N) is 2. The van der Waals surface area contributed by atoms with Gasteiger partial charge in [0.05, 0.1) is 5.75 Å². The zero-order valence-corrected chi connectivity index (χ0v) is 13.7. The van der Waals surface area contributed by atoms with Crippen molar-refractivity contribution in [3.05, 3.63) is 53.6 Å². The van der Waals surface area contributed by atoms with Gasteiger partial charge in [0.1, 0.15) is 5.82 Å². The number of aryl methyl sites for hydroxylation is 1. The molecule has 1 aliphatic rings. The predicted octanol–water partition coefficient (Wildman–Crippen LogP) is 1.17. The molecule has 0 fully saturated rings. The molecule has 6 nitrogen and oxygen atoms in total. The van der Waals surface area contributed by atoms with Crippen molar-refractivity contribution in [3.8, 4) is 0 Å². The van der Waals surface area contributed by atoms with Crippen molar-refractivity contribution in [1.82, 2.24) is 14.9 Å². The number of hydrogen-bond acceptors (Lipinski definition) is 4. The molecule has 122 valence electrons. The van der Waals surface area contributed by atoms with Crippen molar-refractivity contribution in [1.29, 1.82) is 0 Å². The van der Waals surface area contributed by atoms with Crippen LogP contribution in [0.25, 0.3) is 0 Å². The SMILES string of the molecule is CS(=O)(=O)Cc1ccc(C(=O)N[C@@H]2CCc3nccn3C2)cc1. The summed E-state index contributed by atoms with van der Waals surface area (Å²) in [6.07, 6.45) is 6.62. The monoisotopic (exact) mass is 333 g/mol. The molecule has 0 unspecified atom stereocenters. The van der Waals surface area contributed by atoms with Crippen LogP contribution in [-0.4, -0.2) is 36.2 Å². The van der Waals surface area contributed by atoms with Gasteiger partial charge in [-0.3, -0.25) is 4.79 Å². The number of aromatic nitrogens is 2. The molecular formula is C16H19N3O3S. The second-order valence-corrected chi connectivity index (χ2v) is 8.11. The summed E-state index contributed by atoms with van der Waals surface area (Å²) in [6.45, 7) is 0.729. The van der Waals surface area contributed by atoms with Crippen LogP contribution in [-0.2, 0) is 28.6 Å². The van der Waals surface area contributed by atoms with Crippen LogP contribution in [0.3, 0.4) is 0 Å². The number of carbonyl (C=O) groups excluding carboxylic acids is 1. The van der Waals surface area contributed by atoms with Gasteiger partial charge in [0.2, 0.25) is 0 Å². The van der Waals surface area contributed by atoms with E-state index in [1.54, 1.807) is 30.5 Å². The molecule has 7 heteroatoms. The minimum absolute atomic E-state index is 0.0130. The Bertz CT molecular complexity index is 809. The molecule has 0 bridgehead atoms. The number of fused-ring (bicyclic) bond motifs is 1. The largest absolute Gasteiger partial charge is 0.347 e. The van der Waals surface area contributed by atoms with Gasteiger partial charge in [-0.2, -0.15) is 0 Å². The number of rotatable bonds is 4. The third-order valence-corrected chi connectivity index (χ3v) is 4.77. The van der Waals surface area contributed by atoms with Crippen molar-refractivity contribution in [2.45, 2.75) is 31.2 Å². The minimum atomic E-state index is -3.07. The van der Waals surface area contributed by atoms with E-state index in [0.717, 1.165) is 25.2 Å². The lowest BCUT2D eigenvalue weighted by molar-refractivity contribution is 0.0927. The maximum absolute atomic E-state index is 12.3. The lowest BCUT2D eigenvalue weighted by atomic mass is 10.1. The van der Waals surface area contributed by atoms with E-state index in [1.807, 2.05) is 6.20 Å². The molecule has 0 saturated carbocycles. The van der Waals surface area contributed by atoms with Gasteiger partial charge < -0.3 is 9.88 Å². The molecule has 0 saturated heterocycles. The fraction of sp³-hybridized carbons (Fsp3) is 0.375. The normalized spacial score (nSPS) is 17.5. The Labute approximate surface area is 135 Å². The van der Waals surface area contributed by atoms with Crippen molar-refractivity contribution < 1.29 is 13.2 Å². The second-order valence-electron chi connectivity index (χ2n) is 5.97. The van der Waals surface area contributed by atoms with Gasteiger partial charge in [-0.25, -0.2) is 13.4 Å². The first kappa shape index (κ1) is 15.7. The van der Waals surface area contributed by atoms with Crippen molar-refractivity contribution in [3.63, 3.8) is 0 Å². The quantitative estimate of drug-likeness (QED) is 0.911. The molecular weight excluding hydrogens is 314 g/mol. The highest BCUT2D eigenvalue weighted by atomic mass is 32.2. The number of carbonyl (C=O) groups is 1. The summed E-state index contributed by atoms with van der Waals surface area (Å²) in [5.74, 6) is 0.908. The Hall–Kier alpha value is -2.15. The Morgan fingerprint density at radius 2 is 2.09 bits per heavy atom. The number of amides is 1. The van der Waals surface area contributed by atoms with Crippen LogP contribution in [0.2, 0.25) is 0 Å². The third-order valence-electron chi connectivity index (χ3n) is 3.92. The summed E-state index contributed by atoms with van der Waals surface area (Å²) in [6, 6.07) is 6.79. The first-order valence-electron chi connectivity index (χ1n) is 7.48. The molecule has 1 N–H and O–H groups in total. The highest BCUT2D eigenvalue weighted by molar-refractivity contribution is 7.89. The molecule has 23 heavy (non-hydrogen) atoms. The van der Waals surface area contributed by atoms with E-state index >= 15 is 0 Å². The summed E-state index contributed by atoms with van der Waals surface area (Å²) in [5.41, 5.74) is 1.23. The molecule has 1 atom stereocenters. The lowest BCUT2D eigenvalue weighted by Crippen LogP contribution is -2.40. The maximum atomic E-state index is 12.3. The lowest BCUT2D eigenvalue weighted by Gasteiger charge is -2.24.